The maximum absolute atomic E-state index is 12.5. The van der Waals surface area contributed by atoms with Gasteiger partial charge in [0.25, 0.3) is 0 Å². The summed E-state index contributed by atoms with van der Waals surface area (Å²) in [7, 11) is 0. The quantitative estimate of drug-likeness (QED) is 0.324. The molecule has 0 spiro atoms. The molecule has 0 saturated heterocycles. The van der Waals surface area contributed by atoms with E-state index in [9.17, 15) is 9.59 Å². The van der Waals surface area contributed by atoms with E-state index < -0.39 is 11.9 Å². The molecule has 0 aliphatic heterocycles. The average Bonchev–Trinajstić information content (AvgIpc) is 2.76. The summed E-state index contributed by atoms with van der Waals surface area (Å²) in [6, 6.07) is 21.2. The molecule has 0 N–H and O–H groups in total. The molecule has 3 aromatic carbocycles. The van der Waals surface area contributed by atoms with Gasteiger partial charge >= 0.3 is 11.9 Å². The topological polar surface area (TPSA) is 61.8 Å². The molecule has 5 nitrogen and oxygen atoms in total. The molecule has 30 heavy (non-hydrogen) atoms. The van der Waals surface area contributed by atoms with Gasteiger partial charge in [0.1, 0.15) is 17.1 Å². The van der Waals surface area contributed by atoms with Crippen molar-refractivity contribution in [3.8, 4) is 11.5 Å². The van der Waals surface area contributed by atoms with Crippen molar-refractivity contribution < 1.29 is 23.8 Å². The zero-order chi connectivity index (χ0) is 21.3. The SMILES string of the molecule is CCOc1ccc(Br)cc1C(=O)Oc1ccc(C(=O)OCCc2ccccc2)cc1. The molecule has 0 heterocycles. The van der Waals surface area contributed by atoms with Gasteiger partial charge < -0.3 is 14.2 Å². The minimum atomic E-state index is -0.544. The molecule has 0 aromatic heterocycles. The molecule has 0 aliphatic carbocycles. The van der Waals surface area contributed by atoms with Crippen LogP contribution in [0.15, 0.2) is 77.3 Å². The predicted octanol–water partition coefficient (Wildman–Crippen LogP) is 5.47. The maximum atomic E-state index is 12.5. The molecular formula is C24H21BrO5. The highest BCUT2D eigenvalue weighted by atomic mass is 79.9. The van der Waals surface area contributed by atoms with Crippen molar-refractivity contribution in [1.82, 2.24) is 0 Å². The minimum absolute atomic E-state index is 0.294. The van der Waals surface area contributed by atoms with Gasteiger partial charge in [-0.25, -0.2) is 9.59 Å². The van der Waals surface area contributed by atoms with Crippen LogP contribution in [0.3, 0.4) is 0 Å². The van der Waals surface area contributed by atoms with E-state index in [1.54, 1.807) is 42.5 Å². The Hall–Kier alpha value is -3.12. The van der Waals surface area contributed by atoms with E-state index in [-0.39, 0.29) is 0 Å². The molecule has 3 rings (SSSR count). The lowest BCUT2D eigenvalue weighted by molar-refractivity contribution is 0.0509. The van der Waals surface area contributed by atoms with Crippen molar-refractivity contribution >= 4 is 27.9 Å². The van der Waals surface area contributed by atoms with Crippen LogP contribution in [0.5, 0.6) is 11.5 Å². The van der Waals surface area contributed by atoms with E-state index in [0.717, 1.165) is 10.0 Å². The van der Waals surface area contributed by atoms with Gasteiger partial charge in [0, 0.05) is 10.9 Å². The first kappa shape index (κ1) is 21.6. The molecule has 154 valence electrons. The van der Waals surface area contributed by atoms with Gasteiger partial charge in [-0.3, -0.25) is 0 Å². The Balaban J connectivity index is 1.58. The zero-order valence-electron chi connectivity index (χ0n) is 16.5. The van der Waals surface area contributed by atoms with E-state index in [4.69, 9.17) is 14.2 Å². The third kappa shape index (κ3) is 5.94. The number of hydrogen-bond donors (Lipinski definition) is 0. The molecule has 0 radical (unpaired) electrons. The second-order valence-electron chi connectivity index (χ2n) is 6.36. The molecule has 0 aliphatic rings. The highest BCUT2D eigenvalue weighted by Gasteiger charge is 2.16. The van der Waals surface area contributed by atoms with E-state index >= 15 is 0 Å². The fourth-order valence-electron chi connectivity index (χ4n) is 2.75. The Morgan fingerprint density at radius 1 is 0.900 bits per heavy atom. The van der Waals surface area contributed by atoms with E-state index in [1.165, 1.54) is 0 Å². The number of hydrogen-bond acceptors (Lipinski definition) is 5. The number of carbonyl (C=O) groups excluding carboxylic acids is 2. The van der Waals surface area contributed by atoms with Gasteiger partial charge in [0.05, 0.1) is 18.8 Å². The summed E-state index contributed by atoms with van der Waals surface area (Å²) in [5.74, 6) is -0.194. The fraction of sp³-hybridized carbons (Fsp3) is 0.167. The van der Waals surface area contributed by atoms with Crippen LogP contribution in [-0.4, -0.2) is 25.2 Å². The monoisotopic (exact) mass is 468 g/mol. The lowest BCUT2D eigenvalue weighted by Crippen LogP contribution is -2.11. The summed E-state index contributed by atoms with van der Waals surface area (Å²) in [6.45, 7) is 2.57. The number of ether oxygens (including phenoxy) is 3. The number of halogens is 1. The van der Waals surface area contributed by atoms with Crippen molar-refractivity contribution in [2.75, 3.05) is 13.2 Å². The molecule has 0 unspecified atom stereocenters. The van der Waals surface area contributed by atoms with Gasteiger partial charge in [-0.15, -0.1) is 0 Å². The van der Waals surface area contributed by atoms with E-state index in [2.05, 4.69) is 15.9 Å². The number of benzene rings is 3. The summed E-state index contributed by atoms with van der Waals surface area (Å²) < 4.78 is 17.0. The Bertz CT molecular complexity index is 1000. The Labute approximate surface area is 183 Å². The largest absolute Gasteiger partial charge is 0.493 e. The summed E-state index contributed by atoms with van der Waals surface area (Å²) in [6.07, 6.45) is 0.650. The first-order chi connectivity index (χ1) is 14.6. The van der Waals surface area contributed by atoms with Crippen LogP contribution in [0.2, 0.25) is 0 Å². The van der Waals surface area contributed by atoms with Gasteiger partial charge in [0.15, 0.2) is 0 Å². The van der Waals surface area contributed by atoms with Crippen molar-refractivity contribution in [2.45, 2.75) is 13.3 Å². The van der Waals surface area contributed by atoms with Crippen molar-refractivity contribution in [3.63, 3.8) is 0 Å². The highest BCUT2D eigenvalue weighted by molar-refractivity contribution is 9.10. The van der Waals surface area contributed by atoms with Crippen LogP contribution in [0.4, 0.5) is 0 Å². The molecular weight excluding hydrogens is 448 g/mol. The van der Waals surface area contributed by atoms with Crippen molar-refractivity contribution in [2.24, 2.45) is 0 Å². The minimum Gasteiger partial charge on any atom is -0.493 e. The number of rotatable bonds is 8. The lowest BCUT2D eigenvalue weighted by atomic mass is 10.2. The zero-order valence-corrected chi connectivity index (χ0v) is 18.1. The Kier molecular flexibility index (Phi) is 7.63. The molecule has 0 bridgehead atoms. The molecule has 0 amide bonds. The Morgan fingerprint density at radius 2 is 1.63 bits per heavy atom. The smallest absolute Gasteiger partial charge is 0.347 e. The van der Waals surface area contributed by atoms with Crippen molar-refractivity contribution in [3.05, 3.63) is 94.0 Å². The second-order valence-corrected chi connectivity index (χ2v) is 7.27. The van der Waals surface area contributed by atoms with Crippen LogP contribution in [0, 0.1) is 0 Å². The summed E-state index contributed by atoms with van der Waals surface area (Å²) >= 11 is 3.35. The molecule has 6 heteroatoms. The molecule has 3 aromatic rings. The van der Waals surface area contributed by atoms with Crippen LogP contribution >= 0.6 is 15.9 Å². The van der Waals surface area contributed by atoms with Crippen LogP contribution in [-0.2, 0) is 11.2 Å². The van der Waals surface area contributed by atoms with Gasteiger partial charge in [0.2, 0.25) is 0 Å². The fourth-order valence-corrected chi connectivity index (χ4v) is 3.11. The van der Waals surface area contributed by atoms with Gasteiger partial charge in [-0.2, -0.15) is 0 Å². The lowest BCUT2D eigenvalue weighted by Gasteiger charge is -2.11. The predicted molar refractivity (Wildman–Crippen MR) is 117 cm³/mol. The molecule has 0 saturated carbocycles. The first-order valence-electron chi connectivity index (χ1n) is 9.52. The van der Waals surface area contributed by atoms with Crippen LogP contribution in [0.25, 0.3) is 0 Å². The third-order valence-corrected chi connectivity index (χ3v) is 4.72. The van der Waals surface area contributed by atoms with Crippen LogP contribution in [0.1, 0.15) is 33.2 Å². The maximum Gasteiger partial charge on any atom is 0.347 e. The number of esters is 2. The average molecular weight is 469 g/mol. The second kappa shape index (κ2) is 10.6. The number of carbonyl (C=O) groups is 2. The van der Waals surface area contributed by atoms with Gasteiger partial charge in [-0.05, 0) is 55.0 Å². The van der Waals surface area contributed by atoms with Gasteiger partial charge in [-0.1, -0.05) is 46.3 Å². The summed E-state index contributed by atoms with van der Waals surface area (Å²) in [4.78, 5) is 24.7. The molecule has 0 fully saturated rings. The summed E-state index contributed by atoms with van der Waals surface area (Å²) in [5.41, 5.74) is 1.81. The van der Waals surface area contributed by atoms with Crippen LogP contribution < -0.4 is 9.47 Å². The normalized spacial score (nSPS) is 10.3. The third-order valence-electron chi connectivity index (χ3n) is 4.23. The highest BCUT2D eigenvalue weighted by Crippen LogP contribution is 2.25. The summed E-state index contributed by atoms with van der Waals surface area (Å²) in [5, 5.41) is 0. The standard InChI is InChI=1S/C24H21BrO5/c1-2-28-22-13-10-19(25)16-21(22)24(27)30-20-11-8-18(9-12-20)23(26)29-15-14-17-6-4-3-5-7-17/h3-13,16H,2,14-15H2,1H3. The molecule has 0 atom stereocenters. The van der Waals surface area contributed by atoms with E-state index in [0.29, 0.717) is 42.3 Å². The Morgan fingerprint density at radius 3 is 2.33 bits per heavy atom. The van der Waals surface area contributed by atoms with E-state index in [1.807, 2.05) is 37.3 Å². The van der Waals surface area contributed by atoms with Crippen molar-refractivity contribution in [1.29, 1.82) is 0 Å². The first-order valence-corrected chi connectivity index (χ1v) is 10.3.